The number of rotatable bonds is 6. The number of hydrogen-bond acceptors (Lipinski definition) is 6. The van der Waals surface area contributed by atoms with E-state index in [9.17, 15) is 4.79 Å². The predicted octanol–water partition coefficient (Wildman–Crippen LogP) is 2.54. The second-order valence-corrected chi connectivity index (χ2v) is 8.27. The van der Waals surface area contributed by atoms with Crippen molar-refractivity contribution in [1.82, 2.24) is 10.6 Å². The third-order valence-corrected chi connectivity index (χ3v) is 5.74. The fraction of sp³-hybridized carbons (Fsp3) is 0.400. The van der Waals surface area contributed by atoms with Gasteiger partial charge in [-0.3, -0.25) is 20.3 Å². The van der Waals surface area contributed by atoms with E-state index in [0.29, 0.717) is 22.3 Å². The number of methoxy groups -OCH3 is 1. The first-order chi connectivity index (χ1) is 12.9. The summed E-state index contributed by atoms with van der Waals surface area (Å²) in [5.74, 6) is 0.571. The highest BCUT2D eigenvalue weighted by atomic mass is 32.2. The molecule has 1 atom stereocenters. The van der Waals surface area contributed by atoms with Gasteiger partial charge in [-0.15, -0.1) is 11.8 Å². The molecular formula is C20H26N4O2S. The third kappa shape index (κ3) is 3.67. The average Bonchev–Trinajstić information content (AvgIpc) is 2.68. The lowest BCUT2D eigenvalue weighted by molar-refractivity contribution is -0.115. The van der Waals surface area contributed by atoms with Crippen LogP contribution in [0.3, 0.4) is 0 Å². The Bertz CT molecular complexity index is 812. The van der Waals surface area contributed by atoms with Crippen molar-refractivity contribution >= 4 is 29.1 Å². The van der Waals surface area contributed by atoms with Gasteiger partial charge >= 0.3 is 0 Å². The lowest BCUT2D eigenvalue weighted by Gasteiger charge is -2.38. The van der Waals surface area contributed by atoms with E-state index in [1.54, 1.807) is 23.8 Å². The molecule has 0 bridgehead atoms. The number of nitrogens with one attached hydrogen (secondary N) is 2. The normalized spacial score (nSPS) is 21.0. The SMILES string of the molecule is CNC1(NC)C=CC2=NC(SC(C)C)N(c3ccccc3OC)C(=O)C2=C1. The van der Waals surface area contributed by atoms with E-state index in [0.717, 1.165) is 5.69 Å². The lowest BCUT2D eigenvalue weighted by Crippen LogP contribution is -2.54. The average molecular weight is 387 g/mol. The van der Waals surface area contributed by atoms with Gasteiger partial charge in [-0.05, 0) is 44.5 Å². The van der Waals surface area contributed by atoms with Crippen LogP contribution < -0.4 is 20.3 Å². The number of hydrogen-bond donors (Lipinski definition) is 2. The summed E-state index contributed by atoms with van der Waals surface area (Å²) in [7, 11) is 5.31. The first-order valence-corrected chi connectivity index (χ1v) is 9.89. The van der Waals surface area contributed by atoms with Gasteiger partial charge in [0.05, 0.1) is 24.1 Å². The number of para-hydroxylation sites is 2. The quantitative estimate of drug-likeness (QED) is 0.736. The number of carbonyl (C=O) groups is 1. The molecule has 2 N–H and O–H groups in total. The minimum atomic E-state index is -0.575. The van der Waals surface area contributed by atoms with Gasteiger partial charge in [-0.2, -0.15) is 0 Å². The molecular weight excluding hydrogens is 360 g/mol. The molecule has 1 heterocycles. The summed E-state index contributed by atoms with van der Waals surface area (Å²) in [6.07, 6.45) is 5.79. The van der Waals surface area contributed by atoms with E-state index in [4.69, 9.17) is 9.73 Å². The van der Waals surface area contributed by atoms with Crippen molar-refractivity contribution in [2.24, 2.45) is 4.99 Å². The number of likely N-dealkylation sites (N-methyl/N-ethyl adjacent to an activating group) is 2. The van der Waals surface area contributed by atoms with Crippen LogP contribution in [0.2, 0.25) is 0 Å². The summed E-state index contributed by atoms with van der Waals surface area (Å²) in [6.45, 7) is 4.20. The van der Waals surface area contributed by atoms with Crippen molar-refractivity contribution in [2.75, 3.05) is 26.1 Å². The summed E-state index contributed by atoms with van der Waals surface area (Å²) >= 11 is 1.64. The maximum absolute atomic E-state index is 13.6. The van der Waals surface area contributed by atoms with Gasteiger partial charge in [0.2, 0.25) is 0 Å². The van der Waals surface area contributed by atoms with E-state index in [2.05, 4.69) is 24.5 Å². The largest absolute Gasteiger partial charge is 0.495 e. The van der Waals surface area contributed by atoms with E-state index >= 15 is 0 Å². The number of allylic oxidation sites excluding steroid dienone is 1. The highest BCUT2D eigenvalue weighted by Crippen LogP contribution is 2.38. The molecule has 144 valence electrons. The van der Waals surface area contributed by atoms with Gasteiger partial charge in [-0.1, -0.05) is 26.0 Å². The van der Waals surface area contributed by atoms with Crippen LogP contribution in [0.25, 0.3) is 0 Å². The summed E-state index contributed by atoms with van der Waals surface area (Å²) in [5, 5.41) is 6.74. The Kier molecular flexibility index (Phi) is 5.74. The Morgan fingerprint density at radius 2 is 1.96 bits per heavy atom. The van der Waals surface area contributed by atoms with E-state index < -0.39 is 5.66 Å². The van der Waals surface area contributed by atoms with Crippen molar-refractivity contribution in [1.29, 1.82) is 0 Å². The molecule has 1 aromatic carbocycles. The number of ether oxygens (including phenoxy) is 1. The van der Waals surface area contributed by atoms with Crippen molar-refractivity contribution in [2.45, 2.75) is 30.3 Å². The van der Waals surface area contributed by atoms with Gasteiger partial charge in [0, 0.05) is 5.25 Å². The molecule has 0 fully saturated rings. The molecule has 2 aliphatic rings. The molecule has 1 aliphatic heterocycles. The molecule has 0 radical (unpaired) electrons. The van der Waals surface area contributed by atoms with E-state index in [-0.39, 0.29) is 11.4 Å². The number of anilines is 1. The Morgan fingerprint density at radius 1 is 1.26 bits per heavy atom. The topological polar surface area (TPSA) is 66.0 Å². The molecule has 7 heteroatoms. The summed E-state index contributed by atoms with van der Waals surface area (Å²) < 4.78 is 5.51. The van der Waals surface area contributed by atoms with Crippen LogP contribution in [0.15, 0.2) is 53.1 Å². The fourth-order valence-electron chi connectivity index (χ4n) is 3.17. The van der Waals surface area contributed by atoms with Crippen molar-refractivity contribution < 1.29 is 9.53 Å². The molecule has 1 unspecified atom stereocenters. The van der Waals surface area contributed by atoms with Crippen molar-refractivity contribution in [3.8, 4) is 5.75 Å². The van der Waals surface area contributed by atoms with Gasteiger partial charge in [0.1, 0.15) is 11.4 Å². The number of benzene rings is 1. The zero-order valence-electron chi connectivity index (χ0n) is 16.3. The molecule has 1 aromatic rings. The maximum atomic E-state index is 13.6. The van der Waals surface area contributed by atoms with Crippen molar-refractivity contribution in [3.63, 3.8) is 0 Å². The smallest absolute Gasteiger partial charge is 0.262 e. The Morgan fingerprint density at radius 3 is 2.59 bits per heavy atom. The first-order valence-electron chi connectivity index (χ1n) is 8.95. The van der Waals surface area contributed by atoms with Crippen LogP contribution in [0.1, 0.15) is 13.8 Å². The molecule has 0 spiro atoms. The number of carbonyl (C=O) groups excluding carboxylic acids is 1. The lowest BCUT2D eigenvalue weighted by atomic mass is 9.93. The van der Waals surface area contributed by atoms with Crippen LogP contribution >= 0.6 is 11.8 Å². The second kappa shape index (κ2) is 7.88. The Labute approximate surface area is 164 Å². The zero-order valence-corrected chi connectivity index (χ0v) is 17.1. The second-order valence-electron chi connectivity index (χ2n) is 6.63. The number of aliphatic imine (C=N–C) groups is 1. The minimum absolute atomic E-state index is 0.0816. The maximum Gasteiger partial charge on any atom is 0.262 e. The number of thioether (sulfide) groups is 1. The molecule has 0 saturated carbocycles. The summed E-state index contributed by atoms with van der Waals surface area (Å²) in [4.78, 5) is 20.2. The molecule has 6 nitrogen and oxygen atoms in total. The zero-order chi connectivity index (χ0) is 19.6. The van der Waals surface area contributed by atoms with Gasteiger partial charge in [0.25, 0.3) is 5.91 Å². The summed E-state index contributed by atoms with van der Waals surface area (Å²) in [6, 6.07) is 7.56. The van der Waals surface area contributed by atoms with Crippen LogP contribution in [0, 0.1) is 0 Å². The van der Waals surface area contributed by atoms with Gasteiger partial charge < -0.3 is 4.74 Å². The van der Waals surface area contributed by atoms with Gasteiger partial charge in [-0.25, -0.2) is 4.99 Å². The molecule has 1 aliphatic carbocycles. The molecule has 3 rings (SSSR count). The van der Waals surface area contributed by atoms with Crippen LogP contribution in [-0.4, -0.2) is 49.2 Å². The van der Waals surface area contributed by atoms with E-state index in [1.165, 1.54) is 0 Å². The highest BCUT2D eigenvalue weighted by molar-refractivity contribution is 8.00. The van der Waals surface area contributed by atoms with Crippen LogP contribution in [0.5, 0.6) is 5.75 Å². The van der Waals surface area contributed by atoms with Crippen molar-refractivity contribution in [3.05, 3.63) is 48.1 Å². The monoisotopic (exact) mass is 386 g/mol. The molecule has 0 aromatic heterocycles. The minimum Gasteiger partial charge on any atom is -0.495 e. The predicted molar refractivity (Wildman–Crippen MR) is 113 cm³/mol. The Hall–Kier alpha value is -2.09. The standard InChI is InChI=1S/C20H26N4O2S/c1-13(2)27-19-23-15-10-11-20(21-3,22-4)12-14(15)18(25)24(19)16-8-6-7-9-17(16)26-5/h6-13,19,21-22H,1-5H3. The molecule has 27 heavy (non-hydrogen) atoms. The molecule has 0 saturated heterocycles. The third-order valence-electron chi connectivity index (χ3n) is 4.64. The first kappa shape index (κ1) is 19.7. The highest BCUT2D eigenvalue weighted by Gasteiger charge is 2.39. The number of amides is 1. The van der Waals surface area contributed by atoms with Crippen LogP contribution in [0.4, 0.5) is 5.69 Å². The Balaban J connectivity index is 2.13. The van der Waals surface area contributed by atoms with E-state index in [1.807, 2.05) is 56.6 Å². The van der Waals surface area contributed by atoms with Gasteiger partial charge in [0.15, 0.2) is 5.50 Å². The fourth-order valence-corrected chi connectivity index (χ4v) is 4.16. The van der Waals surface area contributed by atoms with Crippen LogP contribution in [-0.2, 0) is 4.79 Å². The molecule has 1 amide bonds. The number of fused-ring (bicyclic) bond motifs is 1. The number of nitrogens with zero attached hydrogens (tertiary/aromatic N) is 2. The summed E-state index contributed by atoms with van der Waals surface area (Å²) in [5.41, 5.74) is 1.09.